The van der Waals surface area contributed by atoms with Crippen molar-refractivity contribution in [2.24, 2.45) is 0 Å². The highest BCUT2D eigenvalue weighted by Crippen LogP contribution is 2.16. The highest BCUT2D eigenvalue weighted by Gasteiger charge is 2.13. The Balaban J connectivity index is 2.25. The summed E-state index contributed by atoms with van der Waals surface area (Å²) in [6, 6.07) is 13.6. The van der Waals surface area contributed by atoms with Gasteiger partial charge in [0.2, 0.25) is 5.95 Å². The lowest BCUT2D eigenvalue weighted by atomic mass is 10.2. The Hall–Kier alpha value is -2.69. The molecule has 0 aliphatic heterocycles. The molecular formula is C16H16N4O. The largest absolute Gasteiger partial charge is 0.348 e. The second-order valence-electron chi connectivity index (χ2n) is 5.06. The van der Waals surface area contributed by atoms with Gasteiger partial charge in [0.15, 0.2) is 0 Å². The lowest BCUT2D eigenvalue weighted by Gasteiger charge is -2.19. The molecule has 0 aliphatic carbocycles. The lowest BCUT2D eigenvalue weighted by Crippen LogP contribution is -2.25. The molecule has 0 atom stereocenters. The fourth-order valence-corrected chi connectivity index (χ4v) is 2.34. The molecule has 0 fully saturated rings. The van der Waals surface area contributed by atoms with Crippen LogP contribution in [0.2, 0.25) is 0 Å². The maximum absolute atomic E-state index is 12.1. The average molecular weight is 280 g/mol. The number of hydrogen-bond donors (Lipinski definition) is 0. The Morgan fingerprint density at radius 2 is 1.86 bits per heavy atom. The van der Waals surface area contributed by atoms with Crippen molar-refractivity contribution < 1.29 is 0 Å². The van der Waals surface area contributed by atoms with E-state index in [4.69, 9.17) is 0 Å². The molecule has 0 N–H and O–H groups in total. The molecule has 106 valence electrons. The van der Waals surface area contributed by atoms with Gasteiger partial charge in [0, 0.05) is 20.3 Å². The van der Waals surface area contributed by atoms with Crippen LogP contribution in [0.4, 0.5) is 5.95 Å². The van der Waals surface area contributed by atoms with E-state index in [1.54, 1.807) is 18.3 Å². The summed E-state index contributed by atoms with van der Waals surface area (Å²) in [5.41, 5.74) is 1.55. The second kappa shape index (κ2) is 5.36. The molecule has 0 radical (unpaired) electrons. The van der Waals surface area contributed by atoms with Crippen molar-refractivity contribution in [1.82, 2.24) is 14.5 Å². The van der Waals surface area contributed by atoms with E-state index in [2.05, 4.69) is 9.97 Å². The smallest absolute Gasteiger partial charge is 0.283 e. The zero-order chi connectivity index (χ0) is 14.8. The summed E-state index contributed by atoms with van der Waals surface area (Å²) in [5.74, 6) is 0.607. The minimum atomic E-state index is -0.244. The number of hydrogen-bond acceptors (Lipinski definition) is 4. The molecule has 0 saturated carbocycles. The summed E-state index contributed by atoms with van der Waals surface area (Å²) in [6.45, 7) is 0.620. The van der Waals surface area contributed by atoms with Crippen LogP contribution in [0.3, 0.4) is 0 Å². The highest BCUT2D eigenvalue weighted by atomic mass is 16.1. The van der Waals surface area contributed by atoms with E-state index in [0.29, 0.717) is 23.5 Å². The summed E-state index contributed by atoms with van der Waals surface area (Å²) >= 11 is 0. The van der Waals surface area contributed by atoms with Crippen LogP contribution < -0.4 is 10.5 Å². The number of nitrogens with zero attached hydrogens (tertiary/aromatic N) is 4. The molecule has 0 spiro atoms. The molecular weight excluding hydrogens is 264 g/mol. The molecule has 0 saturated heterocycles. The Bertz CT molecular complexity index is 825. The molecule has 5 heteroatoms. The minimum absolute atomic E-state index is 0.244. The van der Waals surface area contributed by atoms with Crippen molar-refractivity contribution in [3.63, 3.8) is 0 Å². The van der Waals surface area contributed by atoms with Crippen LogP contribution in [0.25, 0.3) is 11.0 Å². The Morgan fingerprint density at radius 3 is 2.57 bits per heavy atom. The van der Waals surface area contributed by atoms with Crippen molar-refractivity contribution in [2.75, 3.05) is 19.0 Å². The molecule has 3 aromatic rings. The van der Waals surface area contributed by atoms with Gasteiger partial charge in [-0.1, -0.05) is 30.3 Å². The minimum Gasteiger partial charge on any atom is -0.348 e. The van der Waals surface area contributed by atoms with Gasteiger partial charge in [-0.05, 0) is 17.7 Å². The van der Waals surface area contributed by atoms with Gasteiger partial charge in [0.05, 0.1) is 11.9 Å². The third kappa shape index (κ3) is 2.50. The van der Waals surface area contributed by atoms with E-state index in [1.807, 2.05) is 53.9 Å². The van der Waals surface area contributed by atoms with Gasteiger partial charge < -0.3 is 4.90 Å². The monoisotopic (exact) mass is 280 g/mol. The molecule has 2 aromatic heterocycles. The third-order valence-electron chi connectivity index (χ3n) is 3.30. The first kappa shape index (κ1) is 13.3. The van der Waals surface area contributed by atoms with E-state index >= 15 is 0 Å². The Morgan fingerprint density at radius 1 is 1.10 bits per heavy atom. The van der Waals surface area contributed by atoms with Crippen LogP contribution in [-0.4, -0.2) is 28.6 Å². The van der Waals surface area contributed by atoms with E-state index in [9.17, 15) is 4.79 Å². The number of aromatic nitrogens is 3. The predicted molar refractivity (Wildman–Crippen MR) is 83.7 cm³/mol. The fourth-order valence-electron chi connectivity index (χ4n) is 2.34. The van der Waals surface area contributed by atoms with Crippen LogP contribution in [0.1, 0.15) is 5.56 Å². The summed E-state index contributed by atoms with van der Waals surface area (Å²) in [5, 5.41) is 0.541. The summed E-state index contributed by atoms with van der Waals surface area (Å²) in [4.78, 5) is 22.5. The molecule has 5 nitrogen and oxygen atoms in total. The van der Waals surface area contributed by atoms with Crippen LogP contribution in [-0.2, 0) is 6.54 Å². The molecule has 0 unspecified atom stereocenters. The number of fused-ring (bicyclic) bond motifs is 1. The van der Waals surface area contributed by atoms with Gasteiger partial charge in [-0.15, -0.1) is 0 Å². The van der Waals surface area contributed by atoms with Crippen molar-refractivity contribution in [1.29, 1.82) is 0 Å². The number of pyridine rings is 1. The molecule has 0 bridgehead atoms. The maximum Gasteiger partial charge on any atom is 0.283 e. The molecule has 0 amide bonds. The zero-order valence-electron chi connectivity index (χ0n) is 12.0. The molecule has 1 aromatic carbocycles. The summed E-state index contributed by atoms with van der Waals surface area (Å²) < 4.78 is 1.96. The normalized spacial score (nSPS) is 10.8. The van der Waals surface area contributed by atoms with E-state index < -0.39 is 0 Å². The standard InChI is InChI=1S/C16H16N4O/c1-19(2)16-18-15(21)13-9-6-10-17-14(13)20(16)11-12-7-4-3-5-8-12/h3-10H,11H2,1-2H3. The van der Waals surface area contributed by atoms with Crippen LogP contribution in [0.15, 0.2) is 53.5 Å². The van der Waals surface area contributed by atoms with E-state index in [0.717, 1.165) is 5.56 Å². The SMILES string of the molecule is CN(C)c1nc(=O)c2cccnc2n1Cc1ccccc1. The molecule has 0 aliphatic rings. The lowest BCUT2D eigenvalue weighted by molar-refractivity contribution is 0.766. The van der Waals surface area contributed by atoms with Crippen LogP contribution in [0.5, 0.6) is 0 Å². The topological polar surface area (TPSA) is 51.0 Å². The highest BCUT2D eigenvalue weighted by molar-refractivity contribution is 5.75. The molecule has 2 heterocycles. The van der Waals surface area contributed by atoms with Gasteiger partial charge >= 0.3 is 0 Å². The first-order chi connectivity index (χ1) is 10.2. The number of benzene rings is 1. The van der Waals surface area contributed by atoms with Gasteiger partial charge in [-0.2, -0.15) is 4.98 Å². The molecule has 3 rings (SSSR count). The van der Waals surface area contributed by atoms with Crippen LogP contribution in [0, 0.1) is 0 Å². The maximum atomic E-state index is 12.1. The van der Waals surface area contributed by atoms with Gasteiger partial charge in [-0.25, -0.2) is 4.98 Å². The Kier molecular flexibility index (Phi) is 3.39. The van der Waals surface area contributed by atoms with Gasteiger partial charge in [0.1, 0.15) is 5.65 Å². The third-order valence-corrected chi connectivity index (χ3v) is 3.30. The predicted octanol–water partition coefficient (Wildman–Crippen LogP) is 1.91. The van der Waals surface area contributed by atoms with Crippen molar-refractivity contribution in [3.8, 4) is 0 Å². The summed E-state index contributed by atoms with van der Waals surface area (Å²) in [6.07, 6.45) is 1.70. The zero-order valence-corrected chi connectivity index (χ0v) is 12.0. The van der Waals surface area contributed by atoms with Crippen molar-refractivity contribution in [2.45, 2.75) is 6.54 Å². The van der Waals surface area contributed by atoms with Gasteiger partial charge in [0.25, 0.3) is 5.56 Å². The second-order valence-corrected chi connectivity index (χ2v) is 5.06. The number of rotatable bonds is 3. The number of anilines is 1. The quantitative estimate of drug-likeness (QED) is 0.735. The fraction of sp³-hybridized carbons (Fsp3) is 0.188. The van der Waals surface area contributed by atoms with E-state index in [1.165, 1.54) is 0 Å². The van der Waals surface area contributed by atoms with Crippen molar-refractivity contribution >= 4 is 17.0 Å². The van der Waals surface area contributed by atoms with Crippen LogP contribution >= 0.6 is 0 Å². The van der Waals surface area contributed by atoms with E-state index in [-0.39, 0.29) is 5.56 Å². The Labute approximate surface area is 122 Å². The van der Waals surface area contributed by atoms with Gasteiger partial charge in [-0.3, -0.25) is 9.36 Å². The molecule has 21 heavy (non-hydrogen) atoms. The summed E-state index contributed by atoms with van der Waals surface area (Å²) in [7, 11) is 3.75. The first-order valence-electron chi connectivity index (χ1n) is 6.73. The first-order valence-corrected chi connectivity index (χ1v) is 6.73. The average Bonchev–Trinajstić information content (AvgIpc) is 2.51. The van der Waals surface area contributed by atoms with Crippen molar-refractivity contribution in [3.05, 3.63) is 64.6 Å².